The predicted octanol–water partition coefficient (Wildman–Crippen LogP) is 3.98. The summed E-state index contributed by atoms with van der Waals surface area (Å²) >= 11 is 9.21. The number of benzene rings is 2. The number of hydrogen-bond acceptors (Lipinski definition) is 2. The van der Waals surface area contributed by atoms with Crippen LogP contribution in [0.4, 0.5) is 5.69 Å². The number of carbonyl (C=O) groups excluding carboxylic acids is 1. The lowest BCUT2D eigenvalue weighted by Gasteiger charge is -2.07. The van der Waals surface area contributed by atoms with E-state index in [9.17, 15) is 9.59 Å². The van der Waals surface area contributed by atoms with E-state index in [0.29, 0.717) is 26.3 Å². The van der Waals surface area contributed by atoms with Crippen LogP contribution >= 0.6 is 27.5 Å². The molecule has 0 aromatic heterocycles. The Morgan fingerprint density at radius 3 is 2.62 bits per heavy atom. The van der Waals surface area contributed by atoms with Gasteiger partial charge < -0.3 is 10.4 Å². The Morgan fingerprint density at radius 1 is 1.19 bits per heavy atom. The Hall–Kier alpha value is -1.85. The first kappa shape index (κ1) is 15.5. The minimum Gasteiger partial charge on any atom is -0.481 e. The first-order valence-electron chi connectivity index (χ1n) is 6.03. The van der Waals surface area contributed by atoms with Gasteiger partial charge in [0.2, 0.25) is 0 Å². The number of nitrogens with one attached hydrogen (secondary N) is 1. The van der Waals surface area contributed by atoms with Crippen molar-refractivity contribution in [3.63, 3.8) is 0 Å². The lowest BCUT2D eigenvalue weighted by Crippen LogP contribution is -2.12. The molecule has 0 aliphatic rings. The van der Waals surface area contributed by atoms with Crippen LogP contribution in [0.3, 0.4) is 0 Å². The maximum atomic E-state index is 12.1. The number of amides is 1. The van der Waals surface area contributed by atoms with Crippen molar-refractivity contribution < 1.29 is 14.7 Å². The molecule has 2 aromatic carbocycles. The summed E-state index contributed by atoms with van der Waals surface area (Å²) in [5.41, 5.74) is 1.58. The highest BCUT2D eigenvalue weighted by molar-refractivity contribution is 9.10. The molecular weight excluding hydrogens is 358 g/mol. The number of carboxylic acids is 1. The fourth-order valence-electron chi connectivity index (χ4n) is 1.77. The number of carboxylic acid groups (broad SMARTS) is 1. The van der Waals surface area contributed by atoms with Crippen molar-refractivity contribution in [1.82, 2.24) is 0 Å². The van der Waals surface area contributed by atoms with E-state index in [1.807, 2.05) is 0 Å². The summed E-state index contributed by atoms with van der Waals surface area (Å²) in [4.78, 5) is 22.8. The van der Waals surface area contributed by atoms with Gasteiger partial charge >= 0.3 is 5.97 Å². The van der Waals surface area contributed by atoms with E-state index in [0.717, 1.165) is 0 Å². The molecular formula is C15H11BrClNO3. The van der Waals surface area contributed by atoms with E-state index >= 15 is 0 Å². The Morgan fingerprint density at radius 2 is 1.95 bits per heavy atom. The molecule has 108 valence electrons. The number of halogens is 2. The Balaban J connectivity index is 2.15. The quantitative estimate of drug-likeness (QED) is 0.858. The average Bonchev–Trinajstić information content (AvgIpc) is 2.41. The van der Waals surface area contributed by atoms with Crippen molar-refractivity contribution in [2.75, 3.05) is 5.32 Å². The maximum absolute atomic E-state index is 12.1. The van der Waals surface area contributed by atoms with Gasteiger partial charge in [-0.05, 0) is 51.8 Å². The zero-order valence-electron chi connectivity index (χ0n) is 10.8. The second-order valence-corrected chi connectivity index (χ2v) is 5.62. The highest BCUT2D eigenvalue weighted by atomic mass is 79.9. The number of aliphatic carboxylic acids is 1. The molecule has 0 bridgehead atoms. The molecule has 2 aromatic rings. The molecule has 6 heteroatoms. The monoisotopic (exact) mass is 367 g/mol. The molecule has 0 aliphatic carbocycles. The fourth-order valence-corrected chi connectivity index (χ4v) is 2.20. The van der Waals surface area contributed by atoms with E-state index in [1.165, 1.54) is 0 Å². The van der Waals surface area contributed by atoms with Crippen LogP contribution in [0.5, 0.6) is 0 Å². The first-order chi connectivity index (χ1) is 9.95. The average molecular weight is 369 g/mol. The van der Waals surface area contributed by atoms with Crippen LogP contribution in [0.15, 0.2) is 46.9 Å². The molecule has 0 radical (unpaired) electrons. The highest BCUT2D eigenvalue weighted by Crippen LogP contribution is 2.23. The molecule has 0 aliphatic heterocycles. The van der Waals surface area contributed by atoms with Gasteiger partial charge in [-0.3, -0.25) is 9.59 Å². The van der Waals surface area contributed by atoms with E-state index in [2.05, 4.69) is 21.2 Å². The van der Waals surface area contributed by atoms with E-state index in [1.54, 1.807) is 42.5 Å². The summed E-state index contributed by atoms with van der Waals surface area (Å²) in [6.07, 6.45) is -0.0895. The van der Waals surface area contributed by atoms with Crippen molar-refractivity contribution in [3.8, 4) is 0 Å². The van der Waals surface area contributed by atoms with Crippen LogP contribution in [-0.4, -0.2) is 17.0 Å². The SMILES string of the molecule is O=C(O)Cc1cccc(NC(=O)c2ccc(Br)c(Cl)c2)c1. The van der Waals surface area contributed by atoms with Gasteiger partial charge in [-0.1, -0.05) is 23.7 Å². The summed E-state index contributed by atoms with van der Waals surface area (Å²) < 4.78 is 0.712. The van der Waals surface area contributed by atoms with Gasteiger partial charge in [-0.15, -0.1) is 0 Å². The summed E-state index contributed by atoms with van der Waals surface area (Å²) in [6, 6.07) is 11.6. The number of carbonyl (C=O) groups is 2. The summed E-state index contributed by atoms with van der Waals surface area (Å²) in [5, 5.41) is 11.9. The molecule has 1 amide bonds. The topological polar surface area (TPSA) is 66.4 Å². The van der Waals surface area contributed by atoms with Crippen molar-refractivity contribution in [2.45, 2.75) is 6.42 Å². The third kappa shape index (κ3) is 4.31. The zero-order valence-corrected chi connectivity index (χ0v) is 13.1. The smallest absolute Gasteiger partial charge is 0.307 e. The molecule has 0 saturated heterocycles. The van der Waals surface area contributed by atoms with Crippen molar-refractivity contribution >= 4 is 45.1 Å². The summed E-state index contributed by atoms with van der Waals surface area (Å²) in [6.45, 7) is 0. The Bertz CT molecular complexity index is 703. The Labute approximate surface area is 134 Å². The minimum absolute atomic E-state index is 0.0895. The van der Waals surface area contributed by atoms with E-state index in [4.69, 9.17) is 16.7 Å². The van der Waals surface area contributed by atoms with Gasteiger partial charge in [0.1, 0.15) is 0 Å². The van der Waals surface area contributed by atoms with Gasteiger partial charge in [0.05, 0.1) is 11.4 Å². The summed E-state index contributed by atoms with van der Waals surface area (Å²) in [7, 11) is 0. The highest BCUT2D eigenvalue weighted by Gasteiger charge is 2.09. The van der Waals surface area contributed by atoms with E-state index in [-0.39, 0.29) is 12.3 Å². The number of rotatable bonds is 4. The van der Waals surface area contributed by atoms with Crippen LogP contribution in [-0.2, 0) is 11.2 Å². The molecule has 0 saturated carbocycles. The maximum Gasteiger partial charge on any atom is 0.307 e. The lowest BCUT2D eigenvalue weighted by atomic mass is 10.1. The largest absolute Gasteiger partial charge is 0.481 e. The van der Waals surface area contributed by atoms with Gasteiger partial charge in [0.15, 0.2) is 0 Å². The van der Waals surface area contributed by atoms with Crippen LogP contribution in [0.2, 0.25) is 5.02 Å². The lowest BCUT2D eigenvalue weighted by molar-refractivity contribution is -0.136. The molecule has 4 nitrogen and oxygen atoms in total. The Kier molecular flexibility index (Phi) is 4.98. The number of hydrogen-bond donors (Lipinski definition) is 2. The third-order valence-electron chi connectivity index (χ3n) is 2.72. The molecule has 0 heterocycles. The van der Waals surface area contributed by atoms with Crippen LogP contribution in [0.25, 0.3) is 0 Å². The van der Waals surface area contributed by atoms with Crippen molar-refractivity contribution in [3.05, 3.63) is 63.1 Å². The van der Waals surface area contributed by atoms with Gasteiger partial charge in [-0.2, -0.15) is 0 Å². The molecule has 21 heavy (non-hydrogen) atoms. The second kappa shape index (κ2) is 6.74. The van der Waals surface area contributed by atoms with Gasteiger partial charge in [0, 0.05) is 15.7 Å². The van der Waals surface area contributed by atoms with E-state index < -0.39 is 5.97 Å². The minimum atomic E-state index is -0.918. The van der Waals surface area contributed by atoms with Gasteiger partial charge in [-0.25, -0.2) is 0 Å². The van der Waals surface area contributed by atoms with Crippen LogP contribution in [0.1, 0.15) is 15.9 Å². The summed E-state index contributed by atoms with van der Waals surface area (Å²) in [5.74, 6) is -1.23. The molecule has 0 atom stereocenters. The second-order valence-electron chi connectivity index (χ2n) is 4.35. The first-order valence-corrected chi connectivity index (χ1v) is 7.20. The van der Waals surface area contributed by atoms with Crippen molar-refractivity contribution in [2.24, 2.45) is 0 Å². The van der Waals surface area contributed by atoms with Crippen LogP contribution in [0, 0.1) is 0 Å². The third-order valence-corrected chi connectivity index (χ3v) is 3.95. The zero-order chi connectivity index (χ0) is 15.4. The van der Waals surface area contributed by atoms with Crippen LogP contribution < -0.4 is 5.32 Å². The molecule has 2 rings (SSSR count). The molecule has 0 unspecified atom stereocenters. The number of anilines is 1. The standard InChI is InChI=1S/C15H11BrClNO3/c16-12-5-4-10(8-13(12)17)15(21)18-11-3-1-2-9(6-11)7-14(19)20/h1-6,8H,7H2,(H,18,21)(H,19,20). The molecule has 0 fully saturated rings. The van der Waals surface area contributed by atoms with Crippen molar-refractivity contribution in [1.29, 1.82) is 0 Å². The fraction of sp³-hybridized carbons (Fsp3) is 0.0667. The predicted molar refractivity (Wildman–Crippen MR) is 84.9 cm³/mol. The van der Waals surface area contributed by atoms with Gasteiger partial charge in [0.25, 0.3) is 5.91 Å². The molecule has 0 spiro atoms. The molecule has 2 N–H and O–H groups in total. The normalized spacial score (nSPS) is 10.2.